The predicted octanol–water partition coefficient (Wildman–Crippen LogP) is 5.47. The highest BCUT2D eigenvalue weighted by molar-refractivity contribution is 5.57. The van der Waals surface area contributed by atoms with Crippen LogP contribution >= 0.6 is 0 Å². The Bertz CT molecular complexity index is 547. The summed E-state index contributed by atoms with van der Waals surface area (Å²) in [7, 11) is 0. The quantitative estimate of drug-likeness (QED) is 0.784. The first-order chi connectivity index (χ1) is 10.4. The van der Waals surface area contributed by atoms with Gasteiger partial charge in [-0.3, -0.25) is 0 Å². The van der Waals surface area contributed by atoms with Gasteiger partial charge in [-0.05, 0) is 43.0 Å². The van der Waals surface area contributed by atoms with E-state index in [-0.39, 0.29) is 0 Å². The molecular weight excluding hydrogens is 258 g/mol. The van der Waals surface area contributed by atoms with Crippen LogP contribution in [0, 0.1) is 5.92 Å². The van der Waals surface area contributed by atoms with E-state index < -0.39 is 0 Å². The maximum atomic E-state index is 5.99. The zero-order chi connectivity index (χ0) is 14.3. The summed E-state index contributed by atoms with van der Waals surface area (Å²) in [5.74, 6) is 2.59. The van der Waals surface area contributed by atoms with Crippen molar-refractivity contribution in [2.24, 2.45) is 5.92 Å². The number of anilines is 1. The van der Waals surface area contributed by atoms with E-state index in [4.69, 9.17) is 4.74 Å². The van der Waals surface area contributed by atoms with Crippen LogP contribution in [0.3, 0.4) is 0 Å². The lowest BCUT2D eigenvalue weighted by Crippen LogP contribution is -2.17. The summed E-state index contributed by atoms with van der Waals surface area (Å²) in [6.45, 7) is 1.05. The van der Waals surface area contributed by atoms with Crippen LogP contribution in [0.4, 0.5) is 5.69 Å². The Morgan fingerprint density at radius 2 is 1.57 bits per heavy atom. The van der Waals surface area contributed by atoms with Gasteiger partial charge >= 0.3 is 0 Å². The molecule has 0 atom stereocenters. The molecule has 110 valence electrons. The van der Waals surface area contributed by atoms with Crippen molar-refractivity contribution in [3.8, 4) is 11.5 Å². The minimum Gasteiger partial charge on any atom is -0.455 e. The molecule has 0 amide bonds. The minimum absolute atomic E-state index is 0.809. The van der Waals surface area contributed by atoms with E-state index in [1.165, 1.54) is 32.1 Å². The van der Waals surface area contributed by atoms with E-state index in [1.807, 2.05) is 42.5 Å². The molecule has 0 heterocycles. The first-order valence-electron chi connectivity index (χ1n) is 7.97. The summed E-state index contributed by atoms with van der Waals surface area (Å²) in [5.41, 5.74) is 1.09. The summed E-state index contributed by atoms with van der Waals surface area (Å²) in [5, 5.41) is 3.58. The third-order valence-electron chi connectivity index (χ3n) is 4.16. The molecule has 2 aromatic carbocycles. The Hall–Kier alpha value is -1.96. The van der Waals surface area contributed by atoms with Gasteiger partial charge in [-0.1, -0.05) is 49.6 Å². The fraction of sp³-hybridized carbons (Fsp3) is 0.368. The van der Waals surface area contributed by atoms with Crippen LogP contribution in [-0.4, -0.2) is 6.54 Å². The van der Waals surface area contributed by atoms with E-state index in [1.54, 1.807) is 0 Å². The molecule has 0 aromatic heterocycles. The van der Waals surface area contributed by atoms with Gasteiger partial charge in [-0.25, -0.2) is 0 Å². The van der Waals surface area contributed by atoms with Gasteiger partial charge in [-0.15, -0.1) is 0 Å². The Morgan fingerprint density at radius 3 is 2.38 bits per heavy atom. The van der Waals surface area contributed by atoms with Gasteiger partial charge in [0.25, 0.3) is 0 Å². The molecule has 1 aliphatic carbocycles. The van der Waals surface area contributed by atoms with Gasteiger partial charge in [0, 0.05) is 6.54 Å². The average Bonchev–Trinajstić information content (AvgIpc) is 2.56. The van der Waals surface area contributed by atoms with Gasteiger partial charge < -0.3 is 10.1 Å². The second-order valence-corrected chi connectivity index (χ2v) is 5.80. The molecule has 2 nitrogen and oxygen atoms in total. The van der Waals surface area contributed by atoms with Crippen molar-refractivity contribution in [2.45, 2.75) is 32.1 Å². The number of benzene rings is 2. The average molecular weight is 281 g/mol. The second kappa shape index (κ2) is 7.16. The Morgan fingerprint density at radius 1 is 0.857 bits per heavy atom. The minimum atomic E-state index is 0.809. The normalized spacial score (nSPS) is 15.6. The van der Waals surface area contributed by atoms with Crippen molar-refractivity contribution < 1.29 is 4.74 Å². The number of nitrogens with one attached hydrogen (secondary N) is 1. The van der Waals surface area contributed by atoms with E-state index in [9.17, 15) is 0 Å². The molecule has 1 aliphatic rings. The number of para-hydroxylation sites is 3. The Labute approximate surface area is 127 Å². The van der Waals surface area contributed by atoms with E-state index in [2.05, 4.69) is 17.4 Å². The van der Waals surface area contributed by atoms with Crippen molar-refractivity contribution in [3.63, 3.8) is 0 Å². The van der Waals surface area contributed by atoms with E-state index >= 15 is 0 Å². The lowest BCUT2D eigenvalue weighted by Gasteiger charge is -2.23. The van der Waals surface area contributed by atoms with Crippen LogP contribution in [0.25, 0.3) is 0 Å². The largest absolute Gasteiger partial charge is 0.455 e. The van der Waals surface area contributed by atoms with Crippen molar-refractivity contribution in [2.75, 3.05) is 11.9 Å². The Kier molecular flexibility index (Phi) is 4.78. The van der Waals surface area contributed by atoms with Crippen LogP contribution in [0.1, 0.15) is 32.1 Å². The zero-order valence-electron chi connectivity index (χ0n) is 12.4. The maximum Gasteiger partial charge on any atom is 0.150 e. The second-order valence-electron chi connectivity index (χ2n) is 5.80. The highest BCUT2D eigenvalue weighted by Crippen LogP contribution is 2.30. The summed E-state index contributed by atoms with van der Waals surface area (Å²) in [4.78, 5) is 0. The van der Waals surface area contributed by atoms with E-state index in [0.29, 0.717) is 0 Å². The van der Waals surface area contributed by atoms with Crippen molar-refractivity contribution in [1.82, 2.24) is 0 Å². The molecule has 1 saturated carbocycles. The van der Waals surface area contributed by atoms with Gasteiger partial charge in [0.05, 0.1) is 5.69 Å². The van der Waals surface area contributed by atoms with Gasteiger partial charge in [0.2, 0.25) is 0 Å². The van der Waals surface area contributed by atoms with Crippen LogP contribution in [0.5, 0.6) is 11.5 Å². The predicted molar refractivity (Wildman–Crippen MR) is 88.0 cm³/mol. The van der Waals surface area contributed by atoms with Crippen molar-refractivity contribution >= 4 is 5.69 Å². The topological polar surface area (TPSA) is 21.3 Å². The molecule has 0 aliphatic heterocycles. The lowest BCUT2D eigenvalue weighted by atomic mass is 9.89. The third-order valence-corrected chi connectivity index (χ3v) is 4.16. The van der Waals surface area contributed by atoms with Crippen LogP contribution < -0.4 is 10.1 Å². The highest BCUT2D eigenvalue weighted by Gasteiger charge is 2.13. The van der Waals surface area contributed by atoms with Crippen molar-refractivity contribution in [3.05, 3.63) is 54.6 Å². The molecule has 21 heavy (non-hydrogen) atoms. The van der Waals surface area contributed by atoms with Crippen LogP contribution in [-0.2, 0) is 0 Å². The molecular formula is C19H23NO. The molecule has 3 rings (SSSR count). The molecule has 2 heteroatoms. The number of hydrogen-bond acceptors (Lipinski definition) is 2. The molecule has 0 unspecified atom stereocenters. The van der Waals surface area contributed by atoms with Gasteiger partial charge in [0.1, 0.15) is 5.75 Å². The van der Waals surface area contributed by atoms with Crippen molar-refractivity contribution in [1.29, 1.82) is 0 Å². The number of hydrogen-bond donors (Lipinski definition) is 1. The zero-order valence-corrected chi connectivity index (χ0v) is 12.4. The molecule has 0 saturated heterocycles. The summed E-state index contributed by atoms with van der Waals surface area (Å²) in [6.07, 6.45) is 6.89. The molecule has 1 fully saturated rings. The smallest absolute Gasteiger partial charge is 0.150 e. The highest BCUT2D eigenvalue weighted by atomic mass is 16.5. The fourth-order valence-corrected chi connectivity index (χ4v) is 2.96. The fourth-order valence-electron chi connectivity index (χ4n) is 2.96. The van der Waals surface area contributed by atoms with Crippen LogP contribution in [0.2, 0.25) is 0 Å². The number of rotatable bonds is 5. The number of ether oxygens (including phenoxy) is 1. The SMILES string of the molecule is c1ccc(Oc2ccccc2NCC2CCCCC2)cc1. The molecule has 2 aromatic rings. The maximum absolute atomic E-state index is 5.99. The molecule has 0 spiro atoms. The standard InChI is InChI=1S/C19H23NO/c1-3-9-16(10-4-1)15-20-18-13-7-8-14-19(18)21-17-11-5-2-6-12-17/h2,5-8,11-14,16,20H,1,3-4,9-10,15H2. The molecule has 0 bridgehead atoms. The van der Waals surface area contributed by atoms with Crippen LogP contribution in [0.15, 0.2) is 54.6 Å². The monoisotopic (exact) mass is 281 g/mol. The Balaban J connectivity index is 1.64. The van der Waals surface area contributed by atoms with Gasteiger partial charge in [-0.2, -0.15) is 0 Å². The first-order valence-corrected chi connectivity index (χ1v) is 7.97. The summed E-state index contributed by atoms with van der Waals surface area (Å²) in [6, 6.07) is 18.2. The van der Waals surface area contributed by atoms with E-state index in [0.717, 1.165) is 29.6 Å². The molecule has 1 N–H and O–H groups in total. The summed E-state index contributed by atoms with van der Waals surface area (Å²) < 4.78 is 5.99. The van der Waals surface area contributed by atoms with Gasteiger partial charge in [0.15, 0.2) is 5.75 Å². The summed E-state index contributed by atoms with van der Waals surface area (Å²) >= 11 is 0. The molecule has 0 radical (unpaired) electrons. The lowest BCUT2D eigenvalue weighted by molar-refractivity contribution is 0.373. The first kappa shape index (κ1) is 14.0. The third kappa shape index (κ3) is 4.01.